The van der Waals surface area contributed by atoms with E-state index in [1.54, 1.807) is 13.2 Å². The first-order valence-electron chi connectivity index (χ1n) is 7.27. The molecule has 24 heavy (non-hydrogen) atoms. The van der Waals surface area contributed by atoms with Crippen molar-refractivity contribution in [2.75, 3.05) is 7.11 Å². The number of thiocarbonyl (C=S) groups is 1. The second-order valence-corrected chi connectivity index (χ2v) is 5.79. The van der Waals surface area contributed by atoms with E-state index >= 15 is 0 Å². The highest BCUT2D eigenvalue weighted by Crippen LogP contribution is 2.15. The molecule has 2 aromatic carbocycles. The molecule has 0 unspecified atom stereocenters. The highest BCUT2D eigenvalue weighted by molar-refractivity contribution is 7.80. The minimum atomic E-state index is -0.225. The lowest BCUT2D eigenvalue weighted by Gasteiger charge is -2.12. The van der Waals surface area contributed by atoms with Crippen LogP contribution in [0.2, 0.25) is 5.02 Å². The Labute approximate surface area is 151 Å². The molecule has 3 N–H and O–H groups in total. The van der Waals surface area contributed by atoms with Gasteiger partial charge >= 0.3 is 0 Å². The monoisotopic (exact) mass is 363 g/mol. The minimum Gasteiger partial charge on any atom is -0.497 e. The van der Waals surface area contributed by atoms with Gasteiger partial charge < -0.3 is 10.1 Å². The standard InChI is InChI=1S/C17H18ClN3O2S/c1-23-14-8-6-12(7-9-14)11-19-17(24)21-20-16(22)10-13-4-2-3-5-15(13)18/h2-9H,10-11H2,1H3,(H,20,22)(H2,19,21,24). The lowest BCUT2D eigenvalue weighted by atomic mass is 10.1. The fraction of sp³-hybridized carbons (Fsp3) is 0.176. The number of halogens is 1. The third-order valence-corrected chi connectivity index (χ3v) is 3.85. The molecular formula is C17H18ClN3O2S. The molecule has 0 aromatic heterocycles. The topological polar surface area (TPSA) is 62.4 Å². The molecular weight excluding hydrogens is 346 g/mol. The Bertz CT molecular complexity index is 707. The zero-order chi connectivity index (χ0) is 17.4. The predicted molar refractivity (Wildman–Crippen MR) is 98.9 cm³/mol. The first-order chi connectivity index (χ1) is 11.6. The third-order valence-electron chi connectivity index (χ3n) is 3.24. The van der Waals surface area contributed by atoms with Crippen molar-refractivity contribution in [3.8, 4) is 5.75 Å². The maximum Gasteiger partial charge on any atom is 0.242 e. The quantitative estimate of drug-likeness (QED) is 0.563. The molecule has 7 heteroatoms. The summed E-state index contributed by atoms with van der Waals surface area (Å²) < 4.78 is 5.10. The zero-order valence-corrected chi connectivity index (χ0v) is 14.7. The van der Waals surface area contributed by atoms with E-state index in [2.05, 4.69) is 16.2 Å². The molecule has 5 nitrogen and oxygen atoms in total. The van der Waals surface area contributed by atoms with Crippen LogP contribution < -0.4 is 20.9 Å². The van der Waals surface area contributed by atoms with Crippen LogP contribution in [0.25, 0.3) is 0 Å². The van der Waals surface area contributed by atoms with Crippen LogP contribution in [0.4, 0.5) is 0 Å². The van der Waals surface area contributed by atoms with Gasteiger partial charge in [-0.2, -0.15) is 0 Å². The molecule has 0 heterocycles. The Morgan fingerprint density at radius 3 is 2.50 bits per heavy atom. The van der Waals surface area contributed by atoms with Crippen LogP contribution >= 0.6 is 23.8 Å². The molecule has 0 spiro atoms. The molecule has 1 amide bonds. The smallest absolute Gasteiger partial charge is 0.242 e. The number of carbonyl (C=O) groups excluding carboxylic acids is 1. The Balaban J connectivity index is 1.72. The van der Waals surface area contributed by atoms with Gasteiger partial charge in [-0.3, -0.25) is 15.6 Å². The number of nitrogens with one attached hydrogen (secondary N) is 3. The molecule has 2 rings (SSSR count). The van der Waals surface area contributed by atoms with Crippen LogP contribution in [0.15, 0.2) is 48.5 Å². The summed E-state index contributed by atoms with van der Waals surface area (Å²) in [6.07, 6.45) is 0.174. The van der Waals surface area contributed by atoms with Crippen molar-refractivity contribution >= 4 is 34.8 Å². The van der Waals surface area contributed by atoms with Gasteiger partial charge in [0.15, 0.2) is 5.11 Å². The van der Waals surface area contributed by atoms with E-state index in [0.29, 0.717) is 16.7 Å². The summed E-state index contributed by atoms with van der Waals surface area (Å²) in [5, 5.41) is 3.90. The summed E-state index contributed by atoms with van der Waals surface area (Å²) >= 11 is 11.1. The predicted octanol–water partition coefficient (Wildman–Crippen LogP) is 2.59. The second kappa shape index (κ2) is 9.10. The lowest BCUT2D eigenvalue weighted by Crippen LogP contribution is -2.47. The van der Waals surface area contributed by atoms with E-state index in [1.165, 1.54) is 0 Å². The van der Waals surface area contributed by atoms with Gasteiger partial charge in [0.1, 0.15) is 5.75 Å². The first-order valence-corrected chi connectivity index (χ1v) is 8.06. The molecule has 0 bridgehead atoms. The van der Waals surface area contributed by atoms with Crippen molar-refractivity contribution in [3.05, 3.63) is 64.7 Å². The van der Waals surface area contributed by atoms with Gasteiger partial charge in [0.25, 0.3) is 0 Å². The highest BCUT2D eigenvalue weighted by atomic mass is 35.5. The number of benzene rings is 2. The molecule has 0 radical (unpaired) electrons. The van der Waals surface area contributed by atoms with Gasteiger partial charge in [-0.25, -0.2) is 0 Å². The van der Waals surface area contributed by atoms with Crippen LogP contribution in [-0.4, -0.2) is 18.1 Å². The number of hydrogen-bond acceptors (Lipinski definition) is 3. The normalized spacial score (nSPS) is 9.92. The van der Waals surface area contributed by atoms with E-state index in [4.69, 9.17) is 28.6 Å². The van der Waals surface area contributed by atoms with Crippen molar-refractivity contribution in [1.29, 1.82) is 0 Å². The number of methoxy groups -OCH3 is 1. The minimum absolute atomic E-state index is 0.174. The number of hydrogen-bond donors (Lipinski definition) is 3. The number of ether oxygens (including phenoxy) is 1. The van der Waals surface area contributed by atoms with Gasteiger partial charge in [-0.15, -0.1) is 0 Å². The number of carbonyl (C=O) groups is 1. The zero-order valence-electron chi connectivity index (χ0n) is 13.1. The molecule has 0 atom stereocenters. The Kier molecular flexibility index (Phi) is 6.84. The average Bonchev–Trinajstić information content (AvgIpc) is 2.60. The fourth-order valence-electron chi connectivity index (χ4n) is 1.96. The number of hydrazine groups is 1. The Morgan fingerprint density at radius 1 is 1.12 bits per heavy atom. The van der Waals surface area contributed by atoms with Crippen molar-refractivity contribution in [3.63, 3.8) is 0 Å². The maximum absolute atomic E-state index is 11.9. The van der Waals surface area contributed by atoms with Crippen LogP contribution in [0.5, 0.6) is 5.75 Å². The van der Waals surface area contributed by atoms with E-state index in [-0.39, 0.29) is 12.3 Å². The van der Waals surface area contributed by atoms with Gasteiger partial charge in [0, 0.05) is 11.6 Å². The van der Waals surface area contributed by atoms with Crippen LogP contribution in [-0.2, 0) is 17.8 Å². The van der Waals surface area contributed by atoms with Crippen LogP contribution in [0, 0.1) is 0 Å². The van der Waals surface area contributed by atoms with E-state index in [9.17, 15) is 4.79 Å². The van der Waals surface area contributed by atoms with E-state index in [0.717, 1.165) is 16.9 Å². The van der Waals surface area contributed by atoms with Crippen molar-refractivity contribution in [1.82, 2.24) is 16.2 Å². The number of amides is 1. The highest BCUT2D eigenvalue weighted by Gasteiger charge is 2.06. The second-order valence-electron chi connectivity index (χ2n) is 4.97. The molecule has 126 valence electrons. The van der Waals surface area contributed by atoms with Gasteiger partial charge in [0.2, 0.25) is 5.91 Å². The van der Waals surface area contributed by atoms with E-state index < -0.39 is 0 Å². The molecule has 0 aliphatic rings. The molecule has 2 aromatic rings. The SMILES string of the molecule is COc1ccc(CNC(=S)NNC(=O)Cc2ccccc2Cl)cc1. The molecule has 0 saturated carbocycles. The van der Waals surface area contributed by atoms with Gasteiger partial charge in [0.05, 0.1) is 13.5 Å². The summed E-state index contributed by atoms with van der Waals surface area (Å²) in [7, 11) is 1.62. The van der Waals surface area contributed by atoms with Gasteiger partial charge in [-0.1, -0.05) is 41.9 Å². The summed E-state index contributed by atoms with van der Waals surface area (Å²) in [4.78, 5) is 11.9. The Morgan fingerprint density at radius 2 is 1.83 bits per heavy atom. The maximum atomic E-state index is 11.9. The largest absolute Gasteiger partial charge is 0.497 e. The fourth-order valence-corrected chi connectivity index (χ4v) is 2.28. The third kappa shape index (κ3) is 5.72. The summed E-state index contributed by atoms with van der Waals surface area (Å²) in [6, 6.07) is 14.8. The molecule has 0 aliphatic heterocycles. The van der Waals surface area contributed by atoms with Gasteiger partial charge in [-0.05, 0) is 41.5 Å². The summed E-state index contributed by atoms with van der Waals surface area (Å²) in [5.74, 6) is 0.572. The molecule has 0 fully saturated rings. The number of rotatable bonds is 5. The summed E-state index contributed by atoms with van der Waals surface area (Å²) in [5.41, 5.74) is 7.01. The van der Waals surface area contributed by atoms with Crippen LogP contribution in [0.1, 0.15) is 11.1 Å². The van der Waals surface area contributed by atoms with Crippen molar-refractivity contribution in [2.45, 2.75) is 13.0 Å². The molecule has 0 aliphatic carbocycles. The first kappa shape index (κ1) is 18.0. The average molecular weight is 364 g/mol. The lowest BCUT2D eigenvalue weighted by molar-refractivity contribution is -0.121. The molecule has 0 saturated heterocycles. The van der Waals surface area contributed by atoms with Crippen molar-refractivity contribution in [2.24, 2.45) is 0 Å². The summed E-state index contributed by atoms with van der Waals surface area (Å²) in [6.45, 7) is 0.538. The van der Waals surface area contributed by atoms with E-state index in [1.807, 2.05) is 42.5 Å². The van der Waals surface area contributed by atoms with Crippen molar-refractivity contribution < 1.29 is 9.53 Å². The Hall–Kier alpha value is -2.31. The van der Waals surface area contributed by atoms with Crippen LogP contribution in [0.3, 0.4) is 0 Å².